The Labute approximate surface area is 103 Å². The number of aliphatic hydroxyl groups excluding tert-OH is 1. The normalized spacial score (nSPS) is 34.8. The molecule has 3 atom stereocenters. The molecule has 2 saturated heterocycles. The van der Waals surface area contributed by atoms with Crippen molar-refractivity contribution >= 4 is 5.91 Å². The molecule has 1 amide bonds. The van der Waals surface area contributed by atoms with Gasteiger partial charge in [0.15, 0.2) is 0 Å². The van der Waals surface area contributed by atoms with Gasteiger partial charge in [-0.05, 0) is 19.4 Å². The van der Waals surface area contributed by atoms with Crippen molar-refractivity contribution in [2.45, 2.75) is 31.8 Å². The third kappa shape index (κ3) is 3.18. The number of nitrogens with zero attached hydrogens (tertiary/aromatic N) is 1. The fourth-order valence-electron chi connectivity index (χ4n) is 3.07. The zero-order valence-corrected chi connectivity index (χ0v) is 10.5. The van der Waals surface area contributed by atoms with E-state index in [4.69, 9.17) is 0 Å². The number of amides is 1. The molecule has 3 N–H and O–H groups in total. The SMILES string of the molecule is CC(=O)NC1CCN(C2CCNC[C@H]2CO)C1. The molecule has 5 nitrogen and oxygen atoms in total. The smallest absolute Gasteiger partial charge is 0.217 e. The lowest BCUT2D eigenvalue weighted by atomic mass is 9.93. The van der Waals surface area contributed by atoms with Crippen LogP contribution in [0.5, 0.6) is 0 Å². The van der Waals surface area contributed by atoms with E-state index in [0.29, 0.717) is 18.0 Å². The van der Waals surface area contributed by atoms with Gasteiger partial charge in [0.1, 0.15) is 0 Å². The molecular weight excluding hydrogens is 218 g/mol. The van der Waals surface area contributed by atoms with Gasteiger partial charge in [0.25, 0.3) is 0 Å². The van der Waals surface area contributed by atoms with E-state index in [1.54, 1.807) is 6.92 Å². The van der Waals surface area contributed by atoms with Gasteiger partial charge in [-0.15, -0.1) is 0 Å². The van der Waals surface area contributed by atoms with E-state index in [-0.39, 0.29) is 12.5 Å². The van der Waals surface area contributed by atoms with Crippen molar-refractivity contribution < 1.29 is 9.90 Å². The molecule has 0 spiro atoms. The first-order chi connectivity index (χ1) is 8.20. The topological polar surface area (TPSA) is 64.6 Å². The highest BCUT2D eigenvalue weighted by Crippen LogP contribution is 2.22. The Kier molecular flexibility index (Phi) is 4.36. The molecule has 2 aliphatic heterocycles. The zero-order valence-electron chi connectivity index (χ0n) is 10.5. The van der Waals surface area contributed by atoms with E-state index in [1.165, 1.54) is 0 Å². The summed E-state index contributed by atoms with van der Waals surface area (Å²) in [5.74, 6) is 0.390. The highest BCUT2D eigenvalue weighted by atomic mass is 16.3. The molecule has 2 rings (SSSR count). The maximum atomic E-state index is 11.0. The fourth-order valence-corrected chi connectivity index (χ4v) is 3.07. The highest BCUT2D eigenvalue weighted by molar-refractivity contribution is 5.73. The van der Waals surface area contributed by atoms with E-state index >= 15 is 0 Å². The van der Waals surface area contributed by atoms with Crippen LogP contribution in [-0.2, 0) is 4.79 Å². The van der Waals surface area contributed by atoms with Gasteiger partial charge in [-0.1, -0.05) is 0 Å². The molecule has 2 unspecified atom stereocenters. The van der Waals surface area contributed by atoms with Gasteiger partial charge >= 0.3 is 0 Å². The van der Waals surface area contributed by atoms with Crippen LogP contribution in [0.2, 0.25) is 0 Å². The second-order valence-electron chi connectivity index (χ2n) is 5.18. The molecule has 2 aliphatic rings. The van der Waals surface area contributed by atoms with Gasteiger partial charge in [-0.2, -0.15) is 0 Å². The molecule has 0 aromatic heterocycles. The standard InChI is InChI=1S/C12H23N3O2/c1-9(17)14-11-3-5-15(7-11)12-2-4-13-6-10(12)8-16/h10-13,16H,2-8H2,1H3,(H,14,17)/t10-,11?,12?/m0/s1. The van der Waals surface area contributed by atoms with E-state index < -0.39 is 0 Å². The first-order valence-electron chi connectivity index (χ1n) is 6.53. The van der Waals surface area contributed by atoms with Crippen LogP contribution in [0.15, 0.2) is 0 Å². The number of carbonyl (C=O) groups is 1. The number of carbonyl (C=O) groups excluding carboxylic acids is 1. The molecule has 0 aromatic carbocycles. The highest BCUT2D eigenvalue weighted by Gasteiger charge is 2.34. The van der Waals surface area contributed by atoms with Crippen LogP contribution in [0.1, 0.15) is 19.8 Å². The van der Waals surface area contributed by atoms with Crippen LogP contribution in [0, 0.1) is 5.92 Å². The average Bonchev–Trinajstić information content (AvgIpc) is 2.76. The minimum absolute atomic E-state index is 0.0564. The second-order valence-corrected chi connectivity index (χ2v) is 5.18. The molecule has 2 fully saturated rings. The summed E-state index contributed by atoms with van der Waals surface area (Å²) < 4.78 is 0. The summed E-state index contributed by atoms with van der Waals surface area (Å²) in [5, 5.41) is 15.7. The van der Waals surface area contributed by atoms with Crippen molar-refractivity contribution in [3.63, 3.8) is 0 Å². The number of rotatable bonds is 3. The van der Waals surface area contributed by atoms with E-state index in [0.717, 1.165) is 39.0 Å². The van der Waals surface area contributed by atoms with Crippen LogP contribution in [0.4, 0.5) is 0 Å². The third-order valence-electron chi connectivity index (χ3n) is 3.90. The van der Waals surface area contributed by atoms with Crippen LogP contribution >= 0.6 is 0 Å². The van der Waals surface area contributed by atoms with Crippen molar-refractivity contribution in [3.05, 3.63) is 0 Å². The van der Waals surface area contributed by atoms with Gasteiger partial charge in [0.05, 0.1) is 0 Å². The molecule has 0 saturated carbocycles. The molecule has 0 bridgehead atoms. The predicted molar refractivity (Wildman–Crippen MR) is 65.6 cm³/mol. The van der Waals surface area contributed by atoms with Gasteiger partial charge in [0.2, 0.25) is 5.91 Å². The Hall–Kier alpha value is -0.650. The van der Waals surface area contributed by atoms with Crippen LogP contribution < -0.4 is 10.6 Å². The Morgan fingerprint density at radius 3 is 3.06 bits per heavy atom. The maximum Gasteiger partial charge on any atom is 0.217 e. The lowest BCUT2D eigenvalue weighted by Gasteiger charge is -2.37. The van der Waals surface area contributed by atoms with Gasteiger partial charge < -0.3 is 15.7 Å². The summed E-state index contributed by atoms with van der Waals surface area (Å²) in [6, 6.07) is 0.765. The molecule has 0 aliphatic carbocycles. The summed E-state index contributed by atoms with van der Waals surface area (Å²) in [6.45, 7) is 5.72. The molecule has 98 valence electrons. The van der Waals surface area contributed by atoms with Crippen LogP contribution in [0.25, 0.3) is 0 Å². The second kappa shape index (κ2) is 5.80. The number of hydrogen-bond donors (Lipinski definition) is 3. The monoisotopic (exact) mass is 241 g/mol. The van der Waals surface area contributed by atoms with Gasteiger partial charge in [-0.3, -0.25) is 9.69 Å². The summed E-state index contributed by atoms with van der Waals surface area (Å²) in [4.78, 5) is 13.5. The number of nitrogens with one attached hydrogen (secondary N) is 2. The number of piperidine rings is 1. The minimum atomic E-state index is 0.0564. The molecule has 0 aromatic rings. The Balaban J connectivity index is 1.87. The van der Waals surface area contributed by atoms with Crippen molar-refractivity contribution in [2.75, 3.05) is 32.8 Å². The molecule has 5 heteroatoms. The Morgan fingerprint density at radius 2 is 2.35 bits per heavy atom. The number of hydrogen-bond acceptors (Lipinski definition) is 4. The lowest BCUT2D eigenvalue weighted by Crippen LogP contribution is -2.51. The summed E-state index contributed by atoms with van der Waals surface area (Å²) in [7, 11) is 0. The molecule has 2 heterocycles. The van der Waals surface area contributed by atoms with Gasteiger partial charge in [-0.25, -0.2) is 0 Å². The van der Waals surface area contributed by atoms with Gasteiger partial charge in [0, 0.05) is 51.2 Å². The van der Waals surface area contributed by atoms with Crippen molar-refractivity contribution in [1.82, 2.24) is 15.5 Å². The first kappa shape index (κ1) is 12.8. The summed E-state index contributed by atoms with van der Waals surface area (Å²) in [5.41, 5.74) is 0. The molecule has 0 radical (unpaired) electrons. The Bertz CT molecular complexity index is 272. The average molecular weight is 241 g/mol. The fraction of sp³-hybridized carbons (Fsp3) is 0.917. The van der Waals surface area contributed by atoms with Crippen molar-refractivity contribution in [2.24, 2.45) is 5.92 Å². The molecule has 17 heavy (non-hydrogen) atoms. The van der Waals surface area contributed by atoms with Crippen molar-refractivity contribution in [1.29, 1.82) is 0 Å². The largest absolute Gasteiger partial charge is 0.396 e. The maximum absolute atomic E-state index is 11.0. The molecular formula is C12H23N3O2. The lowest BCUT2D eigenvalue weighted by molar-refractivity contribution is -0.119. The predicted octanol–water partition coefficient (Wildman–Crippen LogP) is -0.833. The van der Waals surface area contributed by atoms with E-state index in [1.807, 2.05) is 0 Å². The van der Waals surface area contributed by atoms with E-state index in [9.17, 15) is 9.90 Å². The summed E-state index contributed by atoms with van der Waals surface area (Å²) in [6.07, 6.45) is 2.12. The number of likely N-dealkylation sites (tertiary alicyclic amines) is 1. The van der Waals surface area contributed by atoms with Crippen LogP contribution in [-0.4, -0.2) is 60.8 Å². The first-order valence-corrected chi connectivity index (χ1v) is 6.53. The zero-order chi connectivity index (χ0) is 12.3. The van der Waals surface area contributed by atoms with Crippen molar-refractivity contribution in [3.8, 4) is 0 Å². The van der Waals surface area contributed by atoms with E-state index in [2.05, 4.69) is 15.5 Å². The quantitative estimate of drug-likeness (QED) is 0.603. The Morgan fingerprint density at radius 1 is 1.53 bits per heavy atom. The third-order valence-corrected chi connectivity index (χ3v) is 3.90. The number of aliphatic hydroxyl groups is 1. The summed E-state index contributed by atoms with van der Waals surface area (Å²) >= 11 is 0. The van der Waals surface area contributed by atoms with Crippen LogP contribution in [0.3, 0.4) is 0 Å². The minimum Gasteiger partial charge on any atom is -0.396 e.